The number of ether oxygens (including phenoxy) is 1. The number of esters is 1. The zero-order valence-corrected chi connectivity index (χ0v) is 19.7. The molecule has 3 amide bonds. The normalized spacial score (nSPS) is 16.9. The SMILES string of the molecule is CCOC(=O)C1CCCN(C(=O)CN(C)C(=O)C(NC(=O)c2ccccc2C)C(C)C)C1. The van der Waals surface area contributed by atoms with E-state index in [1.165, 1.54) is 4.90 Å². The molecule has 0 bridgehead atoms. The van der Waals surface area contributed by atoms with Crippen LogP contribution in [0, 0.1) is 18.8 Å². The first kappa shape index (κ1) is 25.4. The van der Waals surface area contributed by atoms with E-state index in [4.69, 9.17) is 4.74 Å². The highest BCUT2D eigenvalue weighted by molar-refractivity contribution is 5.99. The minimum atomic E-state index is -0.756. The molecule has 0 radical (unpaired) electrons. The van der Waals surface area contributed by atoms with Gasteiger partial charge in [0.1, 0.15) is 6.04 Å². The summed E-state index contributed by atoms with van der Waals surface area (Å²) in [7, 11) is 1.56. The summed E-state index contributed by atoms with van der Waals surface area (Å²) >= 11 is 0. The van der Waals surface area contributed by atoms with Crippen LogP contribution in [-0.4, -0.2) is 72.8 Å². The third-order valence-electron chi connectivity index (χ3n) is 5.75. The second-order valence-electron chi connectivity index (χ2n) is 8.64. The maximum Gasteiger partial charge on any atom is 0.310 e. The summed E-state index contributed by atoms with van der Waals surface area (Å²) in [5, 5.41) is 2.83. The maximum absolute atomic E-state index is 13.1. The summed E-state index contributed by atoms with van der Waals surface area (Å²) in [5.74, 6) is -1.63. The van der Waals surface area contributed by atoms with E-state index in [0.29, 0.717) is 38.1 Å². The Morgan fingerprint density at radius 1 is 1.22 bits per heavy atom. The number of hydrogen-bond acceptors (Lipinski definition) is 5. The van der Waals surface area contributed by atoms with Gasteiger partial charge in [0, 0.05) is 25.7 Å². The summed E-state index contributed by atoms with van der Waals surface area (Å²) in [6.07, 6.45) is 1.41. The van der Waals surface area contributed by atoms with E-state index in [0.717, 1.165) is 5.56 Å². The number of likely N-dealkylation sites (tertiary alicyclic amines) is 1. The van der Waals surface area contributed by atoms with Crippen LogP contribution >= 0.6 is 0 Å². The van der Waals surface area contributed by atoms with Crippen LogP contribution in [0.15, 0.2) is 24.3 Å². The van der Waals surface area contributed by atoms with Gasteiger partial charge in [-0.1, -0.05) is 32.0 Å². The van der Waals surface area contributed by atoms with Gasteiger partial charge in [0.15, 0.2) is 0 Å². The molecular weight excluding hydrogens is 410 g/mol. The first-order valence-electron chi connectivity index (χ1n) is 11.2. The fourth-order valence-electron chi connectivity index (χ4n) is 3.83. The van der Waals surface area contributed by atoms with E-state index < -0.39 is 6.04 Å². The molecule has 1 heterocycles. The second-order valence-corrected chi connectivity index (χ2v) is 8.64. The average molecular weight is 446 g/mol. The summed E-state index contributed by atoms with van der Waals surface area (Å²) in [6, 6.07) is 6.43. The maximum atomic E-state index is 13.1. The van der Waals surface area contributed by atoms with E-state index in [9.17, 15) is 19.2 Å². The van der Waals surface area contributed by atoms with Gasteiger partial charge in [0.25, 0.3) is 5.91 Å². The third kappa shape index (κ3) is 6.55. The molecule has 1 saturated heterocycles. The number of amides is 3. The zero-order chi connectivity index (χ0) is 23.8. The van der Waals surface area contributed by atoms with E-state index in [1.807, 2.05) is 32.9 Å². The van der Waals surface area contributed by atoms with E-state index in [2.05, 4.69) is 5.32 Å². The zero-order valence-electron chi connectivity index (χ0n) is 19.7. The van der Waals surface area contributed by atoms with Crippen molar-refractivity contribution in [3.8, 4) is 0 Å². The van der Waals surface area contributed by atoms with Crippen molar-refractivity contribution in [1.29, 1.82) is 0 Å². The molecule has 2 rings (SSSR count). The Morgan fingerprint density at radius 3 is 2.53 bits per heavy atom. The molecule has 8 heteroatoms. The highest BCUT2D eigenvalue weighted by Crippen LogP contribution is 2.18. The van der Waals surface area contributed by atoms with Crippen molar-refractivity contribution in [2.24, 2.45) is 11.8 Å². The van der Waals surface area contributed by atoms with E-state index in [-0.39, 0.29) is 42.1 Å². The molecule has 1 fully saturated rings. The molecule has 176 valence electrons. The number of carbonyl (C=O) groups is 4. The summed E-state index contributed by atoms with van der Waals surface area (Å²) in [5.41, 5.74) is 1.34. The van der Waals surface area contributed by atoms with Gasteiger partial charge in [-0.25, -0.2) is 0 Å². The van der Waals surface area contributed by atoms with Crippen molar-refractivity contribution in [3.63, 3.8) is 0 Å². The fraction of sp³-hybridized carbons (Fsp3) is 0.583. The summed E-state index contributed by atoms with van der Waals surface area (Å²) < 4.78 is 5.09. The molecule has 0 saturated carbocycles. The Hall–Kier alpha value is -2.90. The minimum absolute atomic E-state index is 0.113. The van der Waals surface area contributed by atoms with E-state index in [1.54, 1.807) is 31.0 Å². The second kappa shape index (κ2) is 11.6. The predicted molar refractivity (Wildman–Crippen MR) is 121 cm³/mol. The largest absolute Gasteiger partial charge is 0.466 e. The Labute approximate surface area is 190 Å². The monoisotopic (exact) mass is 445 g/mol. The third-order valence-corrected chi connectivity index (χ3v) is 5.75. The first-order valence-corrected chi connectivity index (χ1v) is 11.2. The van der Waals surface area contributed by atoms with Crippen LogP contribution < -0.4 is 5.32 Å². The lowest BCUT2D eigenvalue weighted by molar-refractivity contribution is -0.152. The van der Waals surface area contributed by atoms with Crippen molar-refractivity contribution < 1.29 is 23.9 Å². The number of nitrogens with one attached hydrogen (secondary N) is 1. The lowest BCUT2D eigenvalue weighted by Crippen LogP contribution is -2.53. The topological polar surface area (TPSA) is 96.0 Å². The molecule has 32 heavy (non-hydrogen) atoms. The number of hydrogen-bond donors (Lipinski definition) is 1. The number of nitrogens with zero attached hydrogens (tertiary/aromatic N) is 2. The van der Waals surface area contributed by atoms with Gasteiger partial charge in [-0.05, 0) is 44.2 Å². The van der Waals surface area contributed by atoms with Gasteiger partial charge in [0.2, 0.25) is 11.8 Å². The molecule has 0 spiro atoms. The smallest absolute Gasteiger partial charge is 0.310 e. The van der Waals surface area contributed by atoms with Gasteiger partial charge in [-0.3, -0.25) is 19.2 Å². The number of likely N-dealkylation sites (N-methyl/N-ethyl adjacent to an activating group) is 1. The lowest BCUT2D eigenvalue weighted by Gasteiger charge is -2.33. The molecule has 8 nitrogen and oxygen atoms in total. The van der Waals surface area contributed by atoms with Crippen molar-refractivity contribution in [1.82, 2.24) is 15.1 Å². The van der Waals surface area contributed by atoms with Gasteiger partial charge in [-0.15, -0.1) is 0 Å². The van der Waals surface area contributed by atoms with E-state index >= 15 is 0 Å². The number of carbonyl (C=O) groups excluding carboxylic acids is 4. The van der Waals surface area contributed by atoms with Gasteiger partial charge in [0.05, 0.1) is 19.1 Å². The van der Waals surface area contributed by atoms with Gasteiger partial charge >= 0.3 is 5.97 Å². The van der Waals surface area contributed by atoms with Crippen molar-refractivity contribution in [2.75, 3.05) is 33.3 Å². The van der Waals surface area contributed by atoms with Crippen LogP contribution in [0.25, 0.3) is 0 Å². The molecule has 1 aromatic carbocycles. The standard InChI is InChI=1S/C24H35N3O5/c1-6-32-24(31)18-11-9-13-27(14-18)20(28)15-26(5)23(30)21(16(2)3)25-22(29)19-12-8-7-10-17(19)4/h7-8,10,12,16,18,21H,6,9,11,13-15H2,1-5H3,(H,25,29). The Kier molecular flexibility index (Phi) is 9.23. The Morgan fingerprint density at radius 2 is 1.91 bits per heavy atom. The molecule has 1 aromatic rings. The van der Waals surface area contributed by atoms with Crippen molar-refractivity contribution >= 4 is 23.7 Å². The summed E-state index contributed by atoms with van der Waals surface area (Å²) in [4.78, 5) is 53.6. The predicted octanol–water partition coefficient (Wildman–Crippen LogP) is 2.01. The Balaban J connectivity index is 2.00. The average Bonchev–Trinajstić information content (AvgIpc) is 2.77. The fourth-order valence-corrected chi connectivity index (χ4v) is 3.83. The number of aryl methyl sites for hydroxylation is 1. The molecule has 1 aliphatic rings. The van der Waals surface area contributed by atoms with Crippen molar-refractivity contribution in [3.05, 3.63) is 35.4 Å². The quantitative estimate of drug-likeness (QED) is 0.618. The van der Waals surface area contributed by atoms with Crippen LogP contribution in [-0.2, 0) is 19.1 Å². The van der Waals surface area contributed by atoms with Crippen molar-refractivity contribution in [2.45, 2.75) is 46.6 Å². The molecule has 1 N–H and O–H groups in total. The molecule has 0 aliphatic carbocycles. The number of piperidine rings is 1. The minimum Gasteiger partial charge on any atom is -0.466 e. The molecule has 2 unspecified atom stereocenters. The first-order chi connectivity index (χ1) is 15.1. The van der Waals surface area contributed by atoms with Gasteiger partial charge in [-0.2, -0.15) is 0 Å². The van der Waals surface area contributed by atoms with Crippen LogP contribution in [0.1, 0.15) is 49.5 Å². The highest BCUT2D eigenvalue weighted by atomic mass is 16.5. The van der Waals surface area contributed by atoms with Crippen LogP contribution in [0.2, 0.25) is 0 Å². The van der Waals surface area contributed by atoms with Crippen LogP contribution in [0.4, 0.5) is 0 Å². The highest BCUT2D eigenvalue weighted by Gasteiger charge is 2.32. The van der Waals surface area contributed by atoms with Gasteiger partial charge < -0.3 is 19.9 Å². The Bertz CT molecular complexity index is 839. The summed E-state index contributed by atoms with van der Waals surface area (Å²) in [6.45, 7) is 8.35. The number of rotatable bonds is 8. The molecule has 0 aromatic heterocycles. The number of benzene rings is 1. The molecular formula is C24H35N3O5. The van der Waals surface area contributed by atoms with Crippen LogP contribution in [0.3, 0.4) is 0 Å². The molecule has 2 atom stereocenters. The lowest BCUT2D eigenvalue weighted by atomic mass is 9.98. The van der Waals surface area contributed by atoms with Crippen LogP contribution in [0.5, 0.6) is 0 Å². The molecule has 1 aliphatic heterocycles.